The van der Waals surface area contributed by atoms with Gasteiger partial charge in [-0.2, -0.15) is 0 Å². The fourth-order valence-corrected chi connectivity index (χ4v) is 1.01. The molecule has 0 aromatic carbocycles. The topological polar surface area (TPSA) is 59.1 Å². The van der Waals surface area contributed by atoms with E-state index >= 15 is 0 Å². The number of rotatable bonds is 3. The predicted octanol–water partition coefficient (Wildman–Crippen LogP) is 1.26. The third kappa shape index (κ3) is 5.04. The summed E-state index contributed by atoms with van der Waals surface area (Å²) in [5.41, 5.74) is -0.582. The summed E-state index contributed by atoms with van der Waals surface area (Å²) in [6.45, 7) is 6.92. The summed E-state index contributed by atoms with van der Waals surface area (Å²) in [7, 11) is 4.39. The van der Waals surface area contributed by atoms with Crippen LogP contribution in [0, 0.1) is 0 Å². The maximum absolute atomic E-state index is 11.7. The molecule has 0 aliphatic carbocycles. The molecule has 2 amide bonds. The summed E-state index contributed by atoms with van der Waals surface area (Å²) in [5, 5.41) is 1.07. The van der Waals surface area contributed by atoms with Gasteiger partial charge in [0.05, 0.1) is 7.11 Å². The number of ether oxygens (including phenoxy) is 1. The lowest BCUT2D eigenvalue weighted by Gasteiger charge is -2.29. The van der Waals surface area contributed by atoms with Crippen molar-refractivity contribution in [1.29, 1.82) is 0 Å². The predicted molar refractivity (Wildman–Crippen MR) is 63.2 cm³/mol. The highest BCUT2D eigenvalue weighted by Gasteiger charge is 2.28. The number of carbonyl (C=O) groups is 2. The van der Waals surface area contributed by atoms with E-state index in [2.05, 4.69) is 0 Å². The minimum absolute atomic E-state index is 0.319. The van der Waals surface area contributed by atoms with Gasteiger partial charge >= 0.3 is 6.09 Å². The van der Waals surface area contributed by atoms with E-state index in [9.17, 15) is 9.59 Å². The van der Waals surface area contributed by atoms with E-state index in [-0.39, 0.29) is 5.91 Å². The zero-order valence-electron chi connectivity index (χ0n) is 11.6. The molecule has 6 nitrogen and oxygen atoms in total. The van der Waals surface area contributed by atoms with Crippen molar-refractivity contribution in [3.05, 3.63) is 0 Å². The fraction of sp³-hybridized carbons (Fsp3) is 0.818. The summed E-state index contributed by atoms with van der Waals surface area (Å²) >= 11 is 0. The number of hydrogen-bond donors (Lipinski definition) is 0. The van der Waals surface area contributed by atoms with Gasteiger partial charge in [-0.25, -0.2) is 9.86 Å². The number of hydrogen-bond acceptors (Lipinski definition) is 4. The molecule has 0 aromatic heterocycles. The Morgan fingerprint density at radius 2 is 1.65 bits per heavy atom. The summed E-state index contributed by atoms with van der Waals surface area (Å²) in [6, 6.07) is -0.644. The normalized spacial score (nSPS) is 12.9. The molecule has 100 valence electrons. The Kier molecular flexibility index (Phi) is 5.41. The van der Waals surface area contributed by atoms with Gasteiger partial charge < -0.3 is 4.74 Å². The highest BCUT2D eigenvalue weighted by molar-refractivity contribution is 5.84. The Hall–Kier alpha value is -1.30. The Balaban J connectivity index is 4.55. The molecule has 0 aliphatic rings. The summed E-state index contributed by atoms with van der Waals surface area (Å²) in [5.74, 6) is -0.319. The lowest BCUT2D eigenvalue weighted by molar-refractivity contribution is -0.173. The molecule has 0 spiro atoms. The van der Waals surface area contributed by atoms with Crippen LogP contribution in [0.2, 0.25) is 0 Å². The lowest BCUT2D eigenvalue weighted by atomic mass is 10.2. The van der Waals surface area contributed by atoms with Gasteiger partial charge in [-0.15, -0.1) is 0 Å². The molecular weight excluding hydrogens is 224 g/mol. The first-order valence-corrected chi connectivity index (χ1v) is 5.37. The van der Waals surface area contributed by atoms with Gasteiger partial charge in [0, 0.05) is 14.1 Å². The van der Waals surface area contributed by atoms with Crippen molar-refractivity contribution in [3.8, 4) is 0 Å². The minimum atomic E-state index is -0.644. The van der Waals surface area contributed by atoms with Gasteiger partial charge in [0.25, 0.3) is 5.91 Å². The minimum Gasteiger partial charge on any atom is -0.444 e. The van der Waals surface area contributed by atoms with Crippen molar-refractivity contribution in [2.45, 2.75) is 39.3 Å². The van der Waals surface area contributed by atoms with Gasteiger partial charge in [0.15, 0.2) is 0 Å². The summed E-state index contributed by atoms with van der Waals surface area (Å²) in [4.78, 5) is 29.5. The highest BCUT2D eigenvalue weighted by atomic mass is 16.7. The van der Waals surface area contributed by atoms with Crippen LogP contribution in [-0.4, -0.2) is 54.8 Å². The van der Waals surface area contributed by atoms with Crippen LogP contribution < -0.4 is 0 Å². The van der Waals surface area contributed by atoms with Gasteiger partial charge in [-0.3, -0.25) is 14.5 Å². The van der Waals surface area contributed by atoms with Gasteiger partial charge in [0.1, 0.15) is 11.6 Å². The molecule has 17 heavy (non-hydrogen) atoms. The molecular formula is C11H22N2O4. The van der Waals surface area contributed by atoms with E-state index in [4.69, 9.17) is 9.57 Å². The molecule has 6 heteroatoms. The Bertz CT molecular complexity index is 286. The van der Waals surface area contributed by atoms with Crippen molar-refractivity contribution < 1.29 is 19.2 Å². The van der Waals surface area contributed by atoms with Crippen molar-refractivity contribution in [3.63, 3.8) is 0 Å². The molecule has 0 rings (SSSR count). The van der Waals surface area contributed by atoms with Crippen molar-refractivity contribution in [2.75, 3.05) is 21.2 Å². The van der Waals surface area contributed by atoms with E-state index in [1.54, 1.807) is 27.7 Å². The first kappa shape index (κ1) is 15.7. The Morgan fingerprint density at radius 1 is 1.18 bits per heavy atom. The lowest BCUT2D eigenvalue weighted by Crippen LogP contribution is -2.47. The van der Waals surface area contributed by atoms with E-state index < -0.39 is 17.7 Å². The maximum Gasteiger partial charge on any atom is 0.410 e. The van der Waals surface area contributed by atoms with Crippen LogP contribution in [0.15, 0.2) is 0 Å². The molecule has 0 saturated carbocycles. The van der Waals surface area contributed by atoms with Crippen LogP contribution in [0.3, 0.4) is 0 Å². The largest absolute Gasteiger partial charge is 0.444 e. The van der Waals surface area contributed by atoms with Crippen LogP contribution in [0.1, 0.15) is 27.7 Å². The standard InChI is InChI=1S/C11H22N2O4/c1-8(9(14)13(6)16-7)12(5)10(15)17-11(2,3)4/h8H,1-7H3/t8-/m0/s1. The Labute approximate surface area is 102 Å². The van der Waals surface area contributed by atoms with Crippen LogP contribution >= 0.6 is 0 Å². The molecule has 0 fully saturated rings. The van der Waals surface area contributed by atoms with Gasteiger partial charge in [0.2, 0.25) is 0 Å². The number of carbonyl (C=O) groups excluding carboxylic acids is 2. The average molecular weight is 246 g/mol. The third-order valence-electron chi connectivity index (χ3n) is 2.20. The highest BCUT2D eigenvalue weighted by Crippen LogP contribution is 2.11. The molecule has 0 saturated heterocycles. The van der Waals surface area contributed by atoms with Crippen LogP contribution in [0.5, 0.6) is 0 Å². The number of nitrogens with zero attached hydrogens (tertiary/aromatic N) is 2. The number of likely N-dealkylation sites (N-methyl/N-ethyl adjacent to an activating group) is 2. The van der Waals surface area contributed by atoms with E-state index in [0.29, 0.717) is 0 Å². The van der Waals surface area contributed by atoms with Crippen molar-refractivity contribution in [1.82, 2.24) is 9.96 Å². The van der Waals surface area contributed by atoms with E-state index in [1.807, 2.05) is 0 Å². The smallest absolute Gasteiger partial charge is 0.410 e. The molecule has 0 aliphatic heterocycles. The fourth-order valence-electron chi connectivity index (χ4n) is 1.01. The second-order valence-corrected chi connectivity index (χ2v) is 4.79. The zero-order chi connectivity index (χ0) is 13.8. The van der Waals surface area contributed by atoms with Gasteiger partial charge in [-0.1, -0.05) is 0 Å². The number of hydroxylamine groups is 2. The van der Waals surface area contributed by atoms with Crippen LogP contribution in [-0.2, 0) is 14.4 Å². The quantitative estimate of drug-likeness (QED) is 0.703. The first-order valence-electron chi connectivity index (χ1n) is 5.37. The third-order valence-corrected chi connectivity index (χ3v) is 2.20. The number of amides is 2. The van der Waals surface area contributed by atoms with Crippen molar-refractivity contribution in [2.24, 2.45) is 0 Å². The second kappa shape index (κ2) is 5.86. The van der Waals surface area contributed by atoms with Crippen LogP contribution in [0.4, 0.5) is 4.79 Å². The zero-order valence-corrected chi connectivity index (χ0v) is 11.6. The van der Waals surface area contributed by atoms with Crippen molar-refractivity contribution >= 4 is 12.0 Å². The van der Waals surface area contributed by atoms with Crippen LogP contribution in [0.25, 0.3) is 0 Å². The molecule has 1 atom stereocenters. The average Bonchev–Trinajstić information content (AvgIpc) is 2.22. The second-order valence-electron chi connectivity index (χ2n) is 4.79. The molecule has 0 heterocycles. The molecule has 0 aromatic rings. The maximum atomic E-state index is 11.7. The Morgan fingerprint density at radius 3 is 2.00 bits per heavy atom. The molecule has 0 radical (unpaired) electrons. The van der Waals surface area contributed by atoms with Gasteiger partial charge in [-0.05, 0) is 27.7 Å². The SMILES string of the molecule is CON(C)C(=O)[C@H](C)N(C)C(=O)OC(C)(C)C. The summed E-state index contributed by atoms with van der Waals surface area (Å²) < 4.78 is 5.16. The molecule has 0 bridgehead atoms. The summed E-state index contributed by atoms with van der Waals surface area (Å²) in [6.07, 6.45) is -0.539. The van der Waals surface area contributed by atoms with E-state index in [0.717, 1.165) is 5.06 Å². The molecule has 0 unspecified atom stereocenters. The first-order chi connectivity index (χ1) is 7.60. The monoisotopic (exact) mass is 246 g/mol. The molecule has 0 N–H and O–H groups in total. The van der Waals surface area contributed by atoms with E-state index in [1.165, 1.54) is 26.1 Å².